The van der Waals surface area contributed by atoms with Crippen LogP contribution < -0.4 is 5.73 Å². The number of hydrogen-bond donors (Lipinski definition) is 2. The summed E-state index contributed by atoms with van der Waals surface area (Å²) in [6, 6.07) is 8.61. The van der Waals surface area contributed by atoms with Crippen molar-refractivity contribution in [2.75, 3.05) is 0 Å². The van der Waals surface area contributed by atoms with Crippen LogP contribution in [-0.2, 0) is 16.0 Å². The van der Waals surface area contributed by atoms with Gasteiger partial charge in [0.05, 0.1) is 0 Å². The molecule has 3 N–H and O–H groups in total. The summed E-state index contributed by atoms with van der Waals surface area (Å²) < 4.78 is 0. The van der Waals surface area contributed by atoms with Crippen molar-refractivity contribution in [2.45, 2.75) is 32.2 Å². The SMILES string of the molecule is C[C@@H](CCC(=O)Cc1ccccc1)[C@H](N)C(=O)O. The van der Waals surface area contributed by atoms with Gasteiger partial charge in [0.25, 0.3) is 0 Å². The van der Waals surface area contributed by atoms with Crippen LogP contribution in [-0.4, -0.2) is 22.9 Å². The standard InChI is InChI=1S/C14H19NO3/c1-10(13(15)14(17)18)7-8-12(16)9-11-5-3-2-4-6-11/h2-6,10,13H,7-9,15H2,1H3,(H,17,18)/t10-,13-/m0/s1. The molecule has 0 fully saturated rings. The quantitative estimate of drug-likeness (QED) is 0.769. The van der Waals surface area contributed by atoms with Gasteiger partial charge in [0.1, 0.15) is 11.8 Å². The van der Waals surface area contributed by atoms with Gasteiger partial charge in [-0.2, -0.15) is 0 Å². The number of aliphatic carboxylic acids is 1. The average molecular weight is 249 g/mol. The summed E-state index contributed by atoms with van der Waals surface area (Å²) in [6.45, 7) is 1.76. The Morgan fingerprint density at radius 1 is 1.28 bits per heavy atom. The first-order chi connectivity index (χ1) is 8.50. The number of carboxylic acid groups (broad SMARTS) is 1. The molecule has 0 unspecified atom stereocenters. The van der Waals surface area contributed by atoms with Crippen molar-refractivity contribution in [2.24, 2.45) is 11.7 Å². The van der Waals surface area contributed by atoms with Gasteiger partial charge in [-0.25, -0.2) is 0 Å². The predicted octanol–water partition coefficient (Wildman–Crippen LogP) is 1.63. The molecule has 0 saturated carbocycles. The number of carbonyl (C=O) groups is 2. The third kappa shape index (κ3) is 4.67. The van der Waals surface area contributed by atoms with Crippen LogP contribution in [0.4, 0.5) is 0 Å². The van der Waals surface area contributed by atoms with Gasteiger partial charge < -0.3 is 10.8 Å². The van der Waals surface area contributed by atoms with Crippen molar-refractivity contribution in [3.8, 4) is 0 Å². The number of hydrogen-bond acceptors (Lipinski definition) is 3. The summed E-state index contributed by atoms with van der Waals surface area (Å²) >= 11 is 0. The molecule has 0 amide bonds. The maximum absolute atomic E-state index is 11.7. The molecule has 4 nitrogen and oxygen atoms in total. The van der Waals surface area contributed by atoms with Gasteiger partial charge in [-0.1, -0.05) is 37.3 Å². The molecular weight excluding hydrogens is 230 g/mol. The number of benzene rings is 1. The predicted molar refractivity (Wildman–Crippen MR) is 69.2 cm³/mol. The fourth-order valence-corrected chi connectivity index (χ4v) is 1.72. The Hall–Kier alpha value is -1.68. The Morgan fingerprint density at radius 3 is 2.44 bits per heavy atom. The van der Waals surface area contributed by atoms with Crippen molar-refractivity contribution in [3.05, 3.63) is 35.9 Å². The molecule has 1 aromatic carbocycles. The minimum absolute atomic E-state index is 0.116. The molecule has 2 atom stereocenters. The summed E-state index contributed by atoms with van der Waals surface area (Å²) in [5, 5.41) is 8.74. The highest BCUT2D eigenvalue weighted by molar-refractivity contribution is 5.81. The minimum Gasteiger partial charge on any atom is -0.480 e. The van der Waals surface area contributed by atoms with Crippen LogP contribution in [0.1, 0.15) is 25.3 Å². The highest BCUT2D eigenvalue weighted by atomic mass is 16.4. The number of rotatable bonds is 7. The topological polar surface area (TPSA) is 80.4 Å². The molecule has 0 aliphatic carbocycles. The first-order valence-corrected chi connectivity index (χ1v) is 6.04. The minimum atomic E-state index is -1.02. The number of carbonyl (C=O) groups excluding carboxylic acids is 1. The average Bonchev–Trinajstić information content (AvgIpc) is 2.36. The van der Waals surface area contributed by atoms with Crippen molar-refractivity contribution in [1.82, 2.24) is 0 Å². The third-order valence-electron chi connectivity index (χ3n) is 3.02. The smallest absolute Gasteiger partial charge is 0.320 e. The van der Waals surface area contributed by atoms with Crippen molar-refractivity contribution in [1.29, 1.82) is 0 Å². The van der Waals surface area contributed by atoms with E-state index in [1.54, 1.807) is 6.92 Å². The van der Waals surface area contributed by atoms with Crippen LogP contribution in [0.5, 0.6) is 0 Å². The number of nitrogens with two attached hydrogens (primary N) is 1. The number of ketones is 1. The van der Waals surface area contributed by atoms with Crippen molar-refractivity contribution < 1.29 is 14.7 Å². The molecular formula is C14H19NO3. The van der Waals surface area contributed by atoms with Crippen LogP contribution in [0.15, 0.2) is 30.3 Å². The van der Waals surface area contributed by atoms with Crippen molar-refractivity contribution >= 4 is 11.8 Å². The van der Waals surface area contributed by atoms with Gasteiger partial charge in [0.2, 0.25) is 0 Å². The summed E-state index contributed by atoms with van der Waals surface area (Å²) in [5.41, 5.74) is 6.47. The van der Waals surface area contributed by atoms with Crippen molar-refractivity contribution in [3.63, 3.8) is 0 Å². The Labute approximate surface area is 107 Å². The zero-order valence-corrected chi connectivity index (χ0v) is 10.5. The van der Waals surface area contributed by atoms with Gasteiger partial charge >= 0.3 is 5.97 Å². The molecule has 0 heterocycles. The third-order valence-corrected chi connectivity index (χ3v) is 3.02. The van der Waals surface area contributed by atoms with Gasteiger partial charge in [-0.3, -0.25) is 9.59 Å². The number of carboxylic acids is 1. The molecule has 1 aromatic rings. The molecule has 98 valence electrons. The summed E-state index contributed by atoms with van der Waals surface area (Å²) in [7, 11) is 0. The Morgan fingerprint density at radius 2 is 1.89 bits per heavy atom. The van der Waals surface area contributed by atoms with E-state index in [2.05, 4.69) is 0 Å². The Bertz CT molecular complexity index is 403. The normalized spacial score (nSPS) is 13.9. The fourth-order valence-electron chi connectivity index (χ4n) is 1.72. The second-order valence-corrected chi connectivity index (χ2v) is 4.58. The second-order valence-electron chi connectivity index (χ2n) is 4.58. The monoisotopic (exact) mass is 249 g/mol. The van der Waals surface area contributed by atoms with E-state index < -0.39 is 12.0 Å². The van der Waals surface area contributed by atoms with E-state index in [0.29, 0.717) is 19.3 Å². The fraction of sp³-hybridized carbons (Fsp3) is 0.429. The van der Waals surface area contributed by atoms with Gasteiger partial charge in [-0.05, 0) is 17.9 Å². The second kappa shape index (κ2) is 6.91. The summed E-state index contributed by atoms with van der Waals surface area (Å²) in [4.78, 5) is 22.4. The molecule has 1 rings (SSSR count). The first kappa shape index (κ1) is 14.4. The zero-order chi connectivity index (χ0) is 13.5. The highest BCUT2D eigenvalue weighted by Gasteiger charge is 2.20. The Kier molecular flexibility index (Phi) is 5.52. The first-order valence-electron chi connectivity index (χ1n) is 6.04. The van der Waals surface area contributed by atoms with E-state index in [9.17, 15) is 9.59 Å². The lowest BCUT2D eigenvalue weighted by molar-refractivity contribution is -0.140. The largest absolute Gasteiger partial charge is 0.480 e. The van der Waals surface area contributed by atoms with E-state index in [0.717, 1.165) is 5.56 Å². The molecule has 0 saturated heterocycles. The van der Waals surface area contributed by atoms with Crippen LogP contribution >= 0.6 is 0 Å². The van der Waals surface area contributed by atoms with E-state index >= 15 is 0 Å². The lowest BCUT2D eigenvalue weighted by atomic mass is 9.94. The molecule has 0 aromatic heterocycles. The van der Waals surface area contributed by atoms with E-state index in [1.165, 1.54) is 0 Å². The number of Topliss-reactive ketones (excluding diaryl/α,β-unsaturated/α-hetero) is 1. The maximum Gasteiger partial charge on any atom is 0.320 e. The van der Waals surface area contributed by atoms with E-state index in [1.807, 2.05) is 30.3 Å². The van der Waals surface area contributed by atoms with Crippen LogP contribution in [0.3, 0.4) is 0 Å². The van der Waals surface area contributed by atoms with Crippen LogP contribution in [0.2, 0.25) is 0 Å². The molecule has 0 bridgehead atoms. The lowest BCUT2D eigenvalue weighted by Crippen LogP contribution is -2.36. The zero-order valence-electron chi connectivity index (χ0n) is 10.5. The van der Waals surface area contributed by atoms with Crippen LogP contribution in [0, 0.1) is 5.92 Å². The molecule has 0 aliphatic rings. The van der Waals surface area contributed by atoms with E-state index in [-0.39, 0.29) is 11.7 Å². The maximum atomic E-state index is 11.7. The molecule has 18 heavy (non-hydrogen) atoms. The summed E-state index contributed by atoms with van der Waals surface area (Å²) in [5.74, 6) is -1.09. The van der Waals surface area contributed by atoms with Gasteiger partial charge in [0.15, 0.2) is 0 Å². The van der Waals surface area contributed by atoms with E-state index in [4.69, 9.17) is 10.8 Å². The van der Waals surface area contributed by atoms with Crippen LogP contribution in [0.25, 0.3) is 0 Å². The van der Waals surface area contributed by atoms with Gasteiger partial charge in [-0.15, -0.1) is 0 Å². The lowest BCUT2D eigenvalue weighted by Gasteiger charge is -2.15. The molecule has 0 aliphatic heterocycles. The Balaban J connectivity index is 2.36. The molecule has 0 radical (unpaired) electrons. The molecule has 0 spiro atoms. The highest BCUT2D eigenvalue weighted by Crippen LogP contribution is 2.11. The summed E-state index contributed by atoms with van der Waals surface area (Å²) in [6.07, 6.45) is 1.28. The molecule has 4 heteroatoms. The van der Waals surface area contributed by atoms with Gasteiger partial charge in [0, 0.05) is 12.8 Å².